The van der Waals surface area contributed by atoms with Crippen LogP contribution in [0.1, 0.15) is 22.3 Å². The lowest BCUT2D eigenvalue weighted by molar-refractivity contribution is 0.0761. The van der Waals surface area contributed by atoms with Gasteiger partial charge in [-0.2, -0.15) is 0 Å². The summed E-state index contributed by atoms with van der Waals surface area (Å²) in [5, 5.41) is 0.993. The largest absolute Gasteiger partial charge is 0.337 e. The Bertz CT molecular complexity index is 479. The van der Waals surface area contributed by atoms with Crippen LogP contribution in [0.3, 0.4) is 0 Å². The zero-order valence-corrected chi connectivity index (χ0v) is 14.9. The van der Waals surface area contributed by atoms with E-state index in [4.69, 9.17) is 0 Å². The minimum Gasteiger partial charge on any atom is -0.337 e. The number of hydrogen-bond donors (Lipinski definition) is 0. The molecule has 1 amide bonds. The van der Waals surface area contributed by atoms with Crippen LogP contribution in [0, 0.1) is 6.92 Å². The van der Waals surface area contributed by atoms with Gasteiger partial charge in [-0.3, -0.25) is 4.79 Å². The van der Waals surface area contributed by atoms with E-state index in [2.05, 4.69) is 36.8 Å². The van der Waals surface area contributed by atoms with E-state index in [0.717, 1.165) is 60.1 Å². The van der Waals surface area contributed by atoms with Crippen molar-refractivity contribution in [3.05, 3.63) is 33.8 Å². The van der Waals surface area contributed by atoms with Gasteiger partial charge in [-0.1, -0.05) is 31.9 Å². The zero-order chi connectivity index (χ0) is 14.5. The Morgan fingerprint density at radius 1 is 1.25 bits per heavy atom. The van der Waals surface area contributed by atoms with Gasteiger partial charge in [0.2, 0.25) is 0 Å². The van der Waals surface area contributed by atoms with E-state index < -0.39 is 0 Å². The van der Waals surface area contributed by atoms with Crippen molar-refractivity contribution in [3.63, 3.8) is 0 Å². The molecule has 1 heterocycles. The van der Waals surface area contributed by atoms with Crippen molar-refractivity contribution in [2.45, 2.75) is 13.3 Å². The molecule has 0 atom stereocenters. The predicted octanol–water partition coefficient (Wildman–Crippen LogP) is 3.30. The maximum atomic E-state index is 12.6. The van der Waals surface area contributed by atoms with Gasteiger partial charge in [0.25, 0.3) is 5.91 Å². The molecule has 1 aliphatic heterocycles. The lowest BCUT2D eigenvalue weighted by Gasteiger charge is -2.21. The van der Waals surface area contributed by atoms with Gasteiger partial charge in [-0.05, 0) is 43.7 Å². The van der Waals surface area contributed by atoms with Crippen molar-refractivity contribution in [2.24, 2.45) is 0 Å². The van der Waals surface area contributed by atoms with Crippen LogP contribution in [0.15, 0.2) is 22.7 Å². The number of hydrogen-bond acceptors (Lipinski definition) is 2. The normalized spacial score (nSPS) is 17.1. The van der Waals surface area contributed by atoms with Crippen molar-refractivity contribution in [1.29, 1.82) is 0 Å². The molecule has 0 bridgehead atoms. The molecule has 0 spiro atoms. The van der Waals surface area contributed by atoms with Gasteiger partial charge in [0.05, 0.1) is 0 Å². The molecule has 5 heteroatoms. The summed E-state index contributed by atoms with van der Waals surface area (Å²) >= 11 is 6.96. The Morgan fingerprint density at radius 2 is 2.05 bits per heavy atom. The first-order chi connectivity index (χ1) is 9.61. The SMILES string of the molecule is Cc1cc(C(=O)N2CCCN(CCBr)CC2)ccc1Br. The number of carbonyl (C=O) groups excluding carboxylic acids is 1. The quantitative estimate of drug-likeness (QED) is 0.723. The Morgan fingerprint density at radius 3 is 2.75 bits per heavy atom. The van der Waals surface area contributed by atoms with Crippen molar-refractivity contribution in [2.75, 3.05) is 38.1 Å². The first-order valence-corrected chi connectivity index (χ1v) is 8.87. The third kappa shape index (κ3) is 4.06. The minimum absolute atomic E-state index is 0.154. The van der Waals surface area contributed by atoms with Crippen molar-refractivity contribution < 1.29 is 4.79 Å². The highest BCUT2D eigenvalue weighted by Crippen LogP contribution is 2.18. The van der Waals surface area contributed by atoms with Crippen molar-refractivity contribution in [1.82, 2.24) is 9.80 Å². The molecule has 1 aromatic rings. The highest BCUT2D eigenvalue weighted by atomic mass is 79.9. The molecule has 0 radical (unpaired) electrons. The second-order valence-electron chi connectivity index (χ2n) is 5.14. The highest BCUT2D eigenvalue weighted by Gasteiger charge is 2.20. The number of benzene rings is 1. The first-order valence-electron chi connectivity index (χ1n) is 6.95. The fraction of sp³-hybridized carbons (Fsp3) is 0.533. The summed E-state index contributed by atoms with van der Waals surface area (Å²) < 4.78 is 1.05. The van der Waals surface area contributed by atoms with Crippen LogP contribution in [0.25, 0.3) is 0 Å². The molecule has 0 saturated carbocycles. The summed E-state index contributed by atoms with van der Waals surface area (Å²) in [6.45, 7) is 6.79. The molecule has 1 aliphatic rings. The van der Waals surface area contributed by atoms with E-state index in [-0.39, 0.29) is 5.91 Å². The second-order valence-corrected chi connectivity index (χ2v) is 6.79. The highest BCUT2D eigenvalue weighted by molar-refractivity contribution is 9.10. The fourth-order valence-corrected chi connectivity index (χ4v) is 3.23. The molecule has 0 unspecified atom stereocenters. The van der Waals surface area contributed by atoms with Gasteiger partial charge in [0.1, 0.15) is 0 Å². The topological polar surface area (TPSA) is 23.6 Å². The molecule has 1 fully saturated rings. The summed E-state index contributed by atoms with van der Waals surface area (Å²) in [6, 6.07) is 5.83. The monoisotopic (exact) mass is 402 g/mol. The van der Waals surface area contributed by atoms with Gasteiger partial charge in [0, 0.05) is 41.5 Å². The average Bonchev–Trinajstić information content (AvgIpc) is 2.67. The van der Waals surface area contributed by atoms with Crippen molar-refractivity contribution >= 4 is 37.8 Å². The Hall–Kier alpha value is -0.390. The average molecular weight is 404 g/mol. The molecular weight excluding hydrogens is 384 g/mol. The summed E-state index contributed by atoms with van der Waals surface area (Å²) in [7, 11) is 0. The van der Waals surface area contributed by atoms with Crippen LogP contribution in [0.4, 0.5) is 0 Å². The minimum atomic E-state index is 0.154. The maximum Gasteiger partial charge on any atom is 0.253 e. The Labute approximate surface area is 137 Å². The summed E-state index contributed by atoms with van der Waals surface area (Å²) in [5.74, 6) is 0.154. The van der Waals surface area contributed by atoms with E-state index in [1.807, 2.05) is 30.0 Å². The lowest BCUT2D eigenvalue weighted by atomic mass is 10.1. The van der Waals surface area contributed by atoms with Crippen LogP contribution >= 0.6 is 31.9 Å². The third-order valence-corrected chi connectivity index (χ3v) is 4.93. The van der Waals surface area contributed by atoms with Crippen LogP contribution in [-0.2, 0) is 0 Å². The van der Waals surface area contributed by atoms with Crippen molar-refractivity contribution in [3.8, 4) is 0 Å². The number of halogens is 2. The van der Waals surface area contributed by atoms with E-state index >= 15 is 0 Å². The van der Waals surface area contributed by atoms with Crippen LogP contribution in [0.2, 0.25) is 0 Å². The number of aryl methyl sites for hydroxylation is 1. The zero-order valence-electron chi connectivity index (χ0n) is 11.7. The number of rotatable bonds is 3. The Kier molecular flexibility index (Phi) is 6.05. The third-order valence-electron chi connectivity index (χ3n) is 3.68. The molecule has 1 saturated heterocycles. The summed E-state index contributed by atoms with van der Waals surface area (Å²) in [4.78, 5) is 17.0. The van der Waals surface area contributed by atoms with Crippen LogP contribution in [0.5, 0.6) is 0 Å². The molecule has 20 heavy (non-hydrogen) atoms. The van der Waals surface area contributed by atoms with Gasteiger partial charge < -0.3 is 9.80 Å². The fourth-order valence-electron chi connectivity index (χ4n) is 2.48. The number of alkyl halides is 1. The van der Waals surface area contributed by atoms with Gasteiger partial charge in [-0.25, -0.2) is 0 Å². The van der Waals surface area contributed by atoms with E-state index in [9.17, 15) is 4.79 Å². The van der Waals surface area contributed by atoms with E-state index in [1.54, 1.807) is 0 Å². The number of carbonyl (C=O) groups is 1. The smallest absolute Gasteiger partial charge is 0.253 e. The molecule has 2 rings (SSSR count). The predicted molar refractivity (Wildman–Crippen MR) is 89.6 cm³/mol. The molecular formula is C15H20Br2N2O. The maximum absolute atomic E-state index is 12.6. The molecule has 0 N–H and O–H groups in total. The van der Waals surface area contributed by atoms with Crippen LogP contribution in [-0.4, -0.2) is 53.8 Å². The van der Waals surface area contributed by atoms with Gasteiger partial charge >= 0.3 is 0 Å². The lowest BCUT2D eigenvalue weighted by Crippen LogP contribution is -2.35. The van der Waals surface area contributed by atoms with Gasteiger partial charge in [0.15, 0.2) is 0 Å². The molecule has 0 aromatic heterocycles. The molecule has 110 valence electrons. The van der Waals surface area contributed by atoms with E-state index in [1.165, 1.54) is 0 Å². The standard InChI is InChI=1S/C15H20Br2N2O/c1-12-11-13(3-4-14(12)17)15(20)19-7-2-6-18(8-5-16)9-10-19/h3-4,11H,2,5-10H2,1H3. The number of nitrogens with zero attached hydrogens (tertiary/aromatic N) is 2. The van der Waals surface area contributed by atoms with Gasteiger partial charge in [-0.15, -0.1) is 0 Å². The molecule has 0 aliphatic carbocycles. The summed E-state index contributed by atoms with van der Waals surface area (Å²) in [5.41, 5.74) is 1.89. The molecule has 3 nitrogen and oxygen atoms in total. The summed E-state index contributed by atoms with van der Waals surface area (Å²) in [6.07, 6.45) is 1.05. The van der Waals surface area contributed by atoms with E-state index in [0.29, 0.717) is 0 Å². The first kappa shape index (κ1) is 16.0. The molecule has 1 aromatic carbocycles. The Balaban J connectivity index is 2.03. The number of amides is 1. The second kappa shape index (κ2) is 7.57. The van der Waals surface area contributed by atoms with Crippen LogP contribution < -0.4 is 0 Å².